The molecule has 0 unspecified atom stereocenters. The Labute approximate surface area is 252 Å². The number of amides is 3. The SMILES string of the molecule is O=C1[C@@H]2[C@@H](N=NN2CC(=O)N2N=C3/C(=C/c4ccccc4)CCC[C@@H]3[C@@H]2c2ccccc2)C(=O)N1c1ccc([N+](=O)[O-])cc1. The first-order chi connectivity index (χ1) is 21.4. The number of benzene rings is 3. The van der Waals surface area contributed by atoms with Crippen LogP contribution in [0, 0.1) is 16.0 Å². The fraction of sp³-hybridized carbons (Fsp3) is 0.250. The van der Waals surface area contributed by atoms with Crippen LogP contribution in [0.25, 0.3) is 6.08 Å². The van der Waals surface area contributed by atoms with E-state index in [-0.39, 0.29) is 35.8 Å². The van der Waals surface area contributed by atoms with Crippen molar-refractivity contribution < 1.29 is 19.3 Å². The van der Waals surface area contributed by atoms with Gasteiger partial charge in [0.1, 0.15) is 6.54 Å². The number of anilines is 1. The van der Waals surface area contributed by atoms with Gasteiger partial charge in [0.2, 0.25) is 0 Å². The molecule has 0 radical (unpaired) electrons. The molecule has 0 spiro atoms. The summed E-state index contributed by atoms with van der Waals surface area (Å²) >= 11 is 0. The zero-order valence-corrected chi connectivity index (χ0v) is 23.5. The number of hydrazone groups is 1. The molecule has 3 aliphatic heterocycles. The third-order valence-electron chi connectivity index (χ3n) is 8.51. The lowest BCUT2D eigenvalue weighted by atomic mass is 9.77. The second-order valence-corrected chi connectivity index (χ2v) is 11.1. The van der Waals surface area contributed by atoms with Gasteiger partial charge in [-0.05, 0) is 54.2 Å². The van der Waals surface area contributed by atoms with Gasteiger partial charge in [-0.25, -0.2) is 9.91 Å². The van der Waals surface area contributed by atoms with Crippen molar-refractivity contribution in [1.82, 2.24) is 10.0 Å². The van der Waals surface area contributed by atoms with Crippen LogP contribution in [-0.4, -0.2) is 57.0 Å². The van der Waals surface area contributed by atoms with E-state index in [1.807, 2.05) is 60.7 Å². The number of hydrogen-bond donors (Lipinski definition) is 0. The molecule has 220 valence electrons. The van der Waals surface area contributed by atoms with Gasteiger partial charge in [-0.15, -0.1) is 0 Å². The van der Waals surface area contributed by atoms with Gasteiger partial charge in [0.25, 0.3) is 23.4 Å². The van der Waals surface area contributed by atoms with Crippen LogP contribution in [0.5, 0.6) is 0 Å². The zero-order chi connectivity index (χ0) is 30.4. The van der Waals surface area contributed by atoms with Crippen molar-refractivity contribution in [3.8, 4) is 0 Å². The molecule has 3 aromatic rings. The number of allylic oxidation sites excluding steroid dienone is 1. The summed E-state index contributed by atoms with van der Waals surface area (Å²) in [5.41, 5.74) is 4.04. The van der Waals surface area contributed by atoms with Gasteiger partial charge in [0.15, 0.2) is 12.1 Å². The molecule has 12 nitrogen and oxygen atoms in total. The predicted octanol–water partition coefficient (Wildman–Crippen LogP) is 4.71. The number of carbonyl (C=O) groups excluding carboxylic acids is 3. The van der Waals surface area contributed by atoms with Crippen molar-refractivity contribution in [2.24, 2.45) is 21.4 Å². The van der Waals surface area contributed by atoms with E-state index in [1.165, 1.54) is 34.3 Å². The topological polar surface area (TPSA) is 141 Å². The Morgan fingerprint density at radius 2 is 1.64 bits per heavy atom. The molecule has 1 aliphatic carbocycles. The molecule has 7 rings (SSSR count). The van der Waals surface area contributed by atoms with Crippen LogP contribution in [0.3, 0.4) is 0 Å². The monoisotopic (exact) mass is 589 g/mol. The summed E-state index contributed by atoms with van der Waals surface area (Å²) in [6.07, 6.45) is 4.83. The molecule has 0 aromatic heterocycles. The molecule has 1 saturated heterocycles. The van der Waals surface area contributed by atoms with E-state index in [9.17, 15) is 24.5 Å². The van der Waals surface area contributed by atoms with Crippen LogP contribution in [0.1, 0.15) is 36.4 Å². The van der Waals surface area contributed by atoms with Crippen molar-refractivity contribution in [1.29, 1.82) is 0 Å². The number of imide groups is 1. The van der Waals surface area contributed by atoms with E-state index in [1.54, 1.807) is 0 Å². The highest BCUT2D eigenvalue weighted by molar-refractivity contribution is 6.25. The third-order valence-corrected chi connectivity index (χ3v) is 8.51. The molecule has 1 saturated carbocycles. The Bertz CT molecular complexity index is 1740. The van der Waals surface area contributed by atoms with Gasteiger partial charge < -0.3 is 0 Å². The highest BCUT2D eigenvalue weighted by Gasteiger charge is 2.55. The first kappa shape index (κ1) is 27.3. The van der Waals surface area contributed by atoms with Crippen molar-refractivity contribution >= 4 is 40.9 Å². The summed E-state index contributed by atoms with van der Waals surface area (Å²) in [5.74, 6) is -1.56. The second-order valence-electron chi connectivity index (χ2n) is 11.1. The fourth-order valence-corrected chi connectivity index (χ4v) is 6.48. The molecule has 3 aromatic carbocycles. The Morgan fingerprint density at radius 1 is 0.932 bits per heavy atom. The van der Waals surface area contributed by atoms with Crippen LogP contribution in [0.2, 0.25) is 0 Å². The standard InChI is InChI=1S/C32H27N7O5/c40-26(19-36-30-28(33-35-36)31(41)37(32(30)42)23-14-16-24(17-15-23)39(43)44)38-29(21-10-5-2-6-11-21)25-13-7-12-22(27(25)34-38)18-20-8-3-1-4-9-20/h1-6,8-11,14-18,25,28-30H,7,12-13,19H2/b22-18+/t25-,28+,29-,30-/m0/s1. The van der Waals surface area contributed by atoms with E-state index in [0.717, 1.165) is 46.6 Å². The van der Waals surface area contributed by atoms with E-state index in [2.05, 4.69) is 16.4 Å². The number of non-ortho nitro benzene ring substituents is 1. The first-order valence-electron chi connectivity index (χ1n) is 14.4. The number of nitro groups is 1. The molecular formula is C32H27N7O5. The van der Waals surface area contributed by atoms with Crippen molar-refractivity contribution in [2.45, 2.75) is 37.4 Å². The second kappa shape index (κ2) is 11.0. The van der Waals surface area contributed by atoms with Crippen LogP contribution in [0.4, 0.5) is 11.4 Å². The Hall–Kier alpha value is -5.52. The van der Waals surface area contributed by atoms with Gasteiger partial charge >= 0.3 is 0 Å². The van der Waals surface area contributed by atoms with Gasteiger partial charge in [-0.3, -0.25) is 29.5 Å². The Balaban J connectivity index is 1.16. The maximum atomic E-state index is 14.0. The molecule has 2 fully saturated rings. The number of carbonyl (C=O) groups is 3. The lowest BCUT2D eigenvalue weighted by Gasteiger charge is -2.30. The van der Waals surface area contributed by atoms with Gasteiger partial charge in [-0.2, -0.15) is 10.2 Å². The molecule has 3 heterocycles. The predicted molar refractivity (Wildman–Crippen MR) is 160 cm³/mol. The first-order valence-corrected chi connectivity index (χ1v) is 14.4. The van der Waals surface area contributed by atoms with Crippen LogP contribution < -0.4 is 4.90 Å². The summed E-state index contributed by atoms with van der Waals surface area (Å²) in [6, 6.07) is 22.4. The molecule has 0 bridgehead atoms. The minimum Gasteiger partial charge on any atom is -0.271 e. The summed E-state index contributed by atoms with van der Waals surface area (Å²) in [6.45, 7) is -0.303. The molecule has 12 heteroatoms. The quantitative estimate of drug-likeness (QED) is 0.232. The van der Waals surface area contributed by atoms with E-state index in [4.69, 9.17) is 5.10 Å². The average Bonchev–Trinajstić information content (AvgIpc) is 3.71. The van der Waals surface area contributed by atoms with Crippen molar-refractivity contribution in [3.63, 3.8) is 0 Å². The van der Waals surface area contributed by atoms with Crippen molar-refractivity contribution in [2.75, 3.05) is 11.4 Å². The molecule has 3 amide bonds. The fourth-order valence-electron chi connectivity index (χ4n) is 6.48. The number of rotatable bonds is 6. The molecule has 4 atom stereocenters. The Kier molecular flexibility index (Phi) is 6.80. The normalized spacial score (nSPS) is 25.0. The van der Waals surface area contributed by atoms with E-state index < -0.39 is 28.8 Å². The molecule has 44 heavy (non-hydrogen) atoms. The minimum absolute atomic E-state index is 0.00494. The van der Waals surface area contributed by atoms with Crippen LogP contribution in [0.15, 0.2) is 106 Å². The molecule has 4 aliphatic rings. The van der Waals surface area contributed by atoms with Crippen LogP contribution >= 0.6 is 0 Å². The summed E-state index contributed by atoms with van der Waals surface area (Å²) in [4.78, 5) is 52.1. The highest BCUT2D eigenvalue weighted by Crippen LogP contribution is 2.44. The summed E-state index contributed by atoms with van der Waals surface area (Å²) in [7, 11) is 0. The summed E-state index contributed by atoms with van der Waals surface area (Å²) in [5, 5.41) is 26.8. The van der Waals surface area contributed by atoms with E-state index >= 15 is 0 Å². The lowest BCUT2D eigenvalue weighted by Crippen LogP contribution is -2.45. The van der Waals surface area contributed by atoms with E-state index in [0.29, 0.717) is 0 Å². The smallest absolute Gasteiger partial charge is 0.269 e. The maximum Gasteiger partial charge on any atom is 0.269 e. The largest absolute Gasteiger partial charge is 0.271 e. The third kappa shape index (κ3) is 4.64. The number of hydrogen-bond acceptors (Lipinski definition) is 9. The number of fused-ring (bicyclic) bond motifs is 2. The average molecular weight is 590 g/mol. The Morgan fingerprint density at radius 3 is 2.34 bits per heavy atom. The number of nitrogens with zero attached hydrogens (tertiary/aromatic N) is 7. The zero-order valence-electron chi connectivity index (χ0n) is 23.5. The minimum atomic E-state index is -1.11. The number of nitro benzene ring substituents is 1. The van der Waals surface area contributed by atoms with Gasteiger partial charge in [0, 0.05) is 18.1 Å². The highest BCUT2D eigenvalue weighted by atomic mass is 16.6. The van der Waals surface area contributed by atoms with Crippen LogP contribution in [-0.2, 0) is 14.4 Å². The lowest BCUT2D eigenvalue weighted by molar-refractivity contribution is -0.384. The van der Waals surface area contributed by atoms with Gasteiger partial charge in [-0.1, -0.05) is 65.9 Å². The summed E-state index contributed by atoms with van der Waals surface area (Å²) < 4.78 is 0. The molecule has 0 N–H and O–H groups in total. The maximum absolute atomic E-state index is 14.0. The van der Waals surface area contributed by atoms with Gasteiger partial charge in [0.05, 0.1) is 22.4 Å². The van der Waals surface area contributed by atoms with Crippen molar-refractivity contribution in [3.05, 3.63) is 112 Å². The molecular weight excluding hydrogens is 562 g/mol.